The molecule has 2 rings (SSSR count). The standard InChI is InChI=1S/C15H15FN2O2/c1-18(9-11-5-7-17-8-6-11)10-12-3-2-4-13(14(12)16)15(19)20/h2-8H,9-10H2,1H3,(H,19,20). The highest BCUT2D eigenvalue weighted by molar-refractivity contribution is 5.88. The SMILES string of the molecule is CN(Cc1ccncc1)Cc1cccc(C(=O)O)c1F. The van der Waals surface area contributed by atoms with Crippen molar-refractivity contribution in [3.8, 4) is 0 Å². The van der Waals surface area contributed by atoms with Crippen LogP contribution >= 0.6 is 0 Å². The van der Waals surface area contributed by atoms with Crippen LogP contribution in [-0.4, -0.2) is 28.0 Å². The summed E-state index contributed by atoms with van der Waals surface area (Å²) in [5.41, 5.74) is 1.15. The molecule has 2 aromatic rings. The first-order valence-electron chi connectivity index (χ1n) is 6.16. The number of halogens is 1. The van der Waals surface area contributed by atoms with Gasteiger partial charge in [0.2, 0.25) is 0 Å². The van der Waals surface area contributed by atoms with Crippen molar-refractivity contribution in [2.24, 2.45) is 0 Å². The fraction of sp³-hybridized carbons (Fsp3) is 0.200. The monoisotopic (exact) mass is 274 g/mol. The number of aromatic carboxylic acids is 1. The molecule has 1 aromatic carbocycles. The van der Waals surface area contributed by atoms with Gasteiger partial charge in [0.25, 0.3) is 0 Å². The van der Waals surface area contributed by atoms with E-state index in [4.69, 9.17) is 5.11 Å². The molecule has 20 heavy (non-hydrogen) atoms. The molecule has 1 N–H and O–H groups in total. The van der Waals surface area contributed by atoms with Crippen LogP contribution < -0.4 is 0 Å². The van der Waals surface area contributed by atoms with Crippen LogP contribution in [0, 0.1) is 5.82 Å². The third-order valence-electron chi connectivity index (χ3n) is 2.95. The molecule has 1 heterocycles. The third-order valence-corrected chi connectivity index (χ3v) is 2.95. The number of hydrogen-bond acceptors (Lipinski definition) is 3. The second kappa shape index (κ2) is 6.25. The molecule has 0 spiro atoms. The van der Waals surface area contributed by atoms with Gasteiger partial charge in [-0.2, -0.15) is 0 Å². The molecule has 0 radical (unpaired) electrons. The van der Waals surface area contributed by atoms with E-state index in [0.717, 1.165) is 5.56 Å². The van der Waals surface area contributed by atoms with Crippen LogP contribution in [0.3, 0.4) is 0 Å². The summed E-state index contributed by atoms with van der Waals surface area (Å²) >= 11 is 0. The van der Waals surface area contributed by atoms with Crippen molar-refractivity contribution in [3.63, 3.8) is 0 Å². The lowest BCUT2D eigenvalue weighted by Crippen LogP contribution is -2.18. The first-order valence-corrected chi connectivity index (χ1v) is 6.16. The number of nitrogens with zero attached hydrogens (tertiary/aromatic N) is 2. The summed E-state index contributed by atoms with van der Waals surface area (Å²) in [5.74, 6) is -1.91. The van der Waals surface area contributed by atoms with Gasteiger partial charge in [0.15, 0.2) is 0 Å². The Morgan fingerprint density at radius 2 is 1.95 bits per heavy atom. The van der Waals surface area contributed by atoms with E-state index in [1.807, 2.05) is 24.1 Å². The molecule has 1 aromatic heterocycles. The Morgan fingerprint density at radius 3 is 2.60 bits per heavy atom. The molecule has 0 unspecified atom stereocenters. The van der Waals surface area contributed by atoms with Crippen molar-refractivity contribution in [2.75, 3.05) is 7.05 Å². The number of aromatic nitrogens is 1. The fourth-order valence-corrected chi connectivity index (χ4v) is 2.01. The zero-order chi connectivity index (χ0) is 14.5. The van der Waals surface area contributed by atoms with Gasteiger partial charge >= 0.3 is 5.97 Å². The van der Waals surface area contributed by atoms with Gasteiger partial charge in [0.05, 0.1) is 5.56 Å². The third kappa shape index (κ3) is 3.39. The molecule has 0 aliphatic heterocycles. The largest absolute Gasteiger partial charge is 0.478 e. The second-order valence-electron chi connectivity index (χ2n) is 4.61. The Morgan fingerprint density at radius 1 is 1.25 bits per heavy atom. The first-order chi connectivity index (χ1) is 9.58. The smallest absolute Gasteiger partial charge is 0.338 e. The van der Waals surface area contributed by atoms with E-state index in [2.05, 4.69) is 4.98 Å². The van der Waals surface area contributed by atoms with Crippen LogP contribution in [0.4, 0.5) is 4.39 Å². The van der Waals surface area contributed by atoms with Crippen LogP contribution in [0.25, 0.3) is 0 Å². The van der Waals surface area contributed by atoms with Gasteiger partial charge in [-0.3, -0.25) is 9.88 Å². The van der Waals surface area contributed by atoms with E-state index in [9.17, 15) is 9.18 Å². The van der Waals surface area contributed by atoms with Crippen molar-refractivity contribution >= 4 is 5.97 Å². The highest BCUT2D eigenvalue weighted by atomic mass is 19.1. The molecule has 0 aliphatic rings. The number of carboxylic acid groups (broad SMARTS) is 1. The van der Waals surface area contributed by atoms with Gasteiger partial charge in [-0.15, -0.1) is 0 Å². The van der Waals surface area contributed by atoms with E-state index in [1.54, 1.807) is 24.5 Å². The molecular formula is C15H15FN2O2. The Balaban J connectivity index is 2.10. The van der Waals surface area contributed by atoms with Gasteiger partial charge in [0, 0.05) is 31.0 Å². The Kier molecular flexibility index (Phi) is 4.42. The molecule has 104 valence electrons. The minimum Gasteiger partial charge on any atom is -0.478 e. The normalized spacial score (nSPS) is 10.8. The van der Waals surface area contributed by atoms with Crippen molar-refractivity contribution in [1.29, 1.82) is 0 Å². The predicted molar refractivity (Wildman–Crippen MR) is 72.8 cm³/mol. The maximum Gasteiger partial charge on any atom is 0.338 e. The summed E-state index contributed by atoms with van der Waals surface area (Å²) in [6, 6.07) is 8.21. The van der Waals surface area contributed by atoms with Crippen molar-refractivity contribution in [1.82, 2.24) is 9.88 Å². The fourth-order valence-electron chi connectivity index (χ4n) is 2.01. The Bertz CT molecular complexity index is 602. The van der Waals surface area contributed by atoms with E-state index in [0.29, 0.717) is 18.7 Å². The number of pyridine rings is 1. The summed E-state index contributed by atoms with van der Waals surface area (Å²) in [7, 11) is 1.85. The van der Waals surface area contributed by atoms with Gasteiger partial charge in [0.1, 0.15) is 5.82 Å². The van der Waals surface area contributed by atoms with Gasteiger partial charge < -0.3 is 5.11 Å². The molecule has 4 nitrogen and oxygen atoms in total. The van der Waals surface area contributed by atoms with E-state index >= 15 is 0 Å². The summed E-state index contributed by atoms with van der Waals surface area (Å²) in [6.45, 7) is 0.981. The lowest BCUT2D eigenvalue weighted by atomic mass is 10.1. The summed E-state index contributed by atoms with van der Waals surface area (Å²) in [5, 5.41) is 8.90. The van der Waals surface area contributed by atoms with Crippen molar-refractivity contribution in [3.05, 3.63) is 65.2 Å². The second-order valence-corrected chi connectivity index (χ2v) is 4.61. The molecule has 0 atom stereocenters. The van der Waals surface area contributed by atoms with Gasteiger partial charge in [-0.25, -0.2) is 9.18 Å². The zero-order valence-electron chi connectivity index (χ0n) is 11.1. The number of rotatable bonds is 5. The quantitative estimate of drug-likeness (QED) is 0.910. The summed E-state index contributed by atoms with van der Waals surface area (Å²) in [6.07, 6.45) is 3.41. The van der Waals surface area contributed by atoms with Crippen LogP contribution in [0.2, 0.25) is 0 Å². The predicted octanol–water partition coefficient (Wildman–Crippen LogP) is 2.55. The van der Waals surface area contributed by atoms with Crippen molar-refractivity contribution in [2.45, 2.75) is 13.1 Å². The lowest BCUT2D eigenvalue weighted by Gasteiger charge is -2.17. The summed E-state index contributed by atoms with van der Waals surface area (Å²) < 4.78 is 14.0. The topological polar surface area (TPSA) is 53.4 Å². The van der Waals surface area contributed by atoms with Crippen LogP contribution in [0.5, 0.6) is 0 Å². The molecule has 0 aliphatic carbocycles. The average molecular weight is 274 g/mol. The molecular weight excluding hydrogens is 259 g/mol. The van der Waals surface area contributed by atoms with Crippen LogP contribution in [0.1, 0.15) is 21.5 Å². The Hall–Kier alpha value is -2.27. The van der Waals surface area contributed by atoms with E-state index in [1.165, 1.54) is 6.07 Å². The number of carbonyl (C=O) groups is 1. The van der Waals surface area contributed by atoms with Crippen LogP contribution in [-0.2, 0) is 13.1 Å². The average Bonchev–Trinajstić information content (AvgIpc) is 2.42. The highest BCUT2D eigenvalue weighted by Crippen LogP contribution is 2.15. The maximum absolute atomic E-state index is 14.0. The summed E-state index contributed by atoms with van der Waals surface area (Å²) in [4.78, 5) is 16.7. The minimum absolute atomic E-state index is 0.292. The van der Waals surface area contributed by atoms with E-state index in [-0.39, 0.29) is 5.56 Å². The molecule has 0 bridgehead atoms. The number of carboxylic acids is 1. The first kappa shape index (κ1) is 14.1. The number of hydrogen-bond donors (Lipinski definition) is 1. The number of benzene rings is 1. The molecule has 0 saturated carbocycles. The van der Waals surface area contributed by atoms with Gasteiger partial charge in [-0.1, -0.05) is 12.1 Å². The Labute approximate surface area is 116 Å². The lowest BCUT2D eigenvalue weighted by molar-refractivity contribution is 0.0691. The molecule has 0 saturated heterocycles. The van der Waals surface area contributed by atoms with E-state index < -0.39 is 11.8 Å². The van der Waals surface area contributed by atoms with Crippen LogP contribution in [0.15, 0.2) is 42.7 Å². The molecule has 5 heteroatoms. The highest BCUT2D eigenvalue weighted by Gasteiger charge is 2.14. The van der Waals surface area contributed by atoms with Crippen molar-refractivity contribution < 1.29 is 14.3 Å². The molecule has 0 amide bonds. The zero-order valence-corrected chi connectivity index (χ0v) is 11.1. The molecule has 0 fully saturated rings. The maximum atomic E-state index is 14.0. The van der Waals surface area contributed by atoms with Gasteiger partial charge in [-0.05, 0) is 30.8 Å². The minimum atomic E-state index is -1.25.